The van der Waals surface area contributed by atoms with Gasteiger partial charge in [-0.2, -0.15) is 0 Å². The zero-order chi connectivity index (χ0) is 24.5. The number of carbonyl (C=O) groups excluding carboxylic acids is 2. The molecule has 5 rings (SSSR count). The van der Waals surface area contributed by atoms with E-state index in [1.54, 1.807) is 23.1 Å². The van der Waals surface area contributed by atoms with Crippen LogP contribution in [0.15, 0.2) is 71.2 Å². The van der Waals surface area contributed by atoms with E-state index in [1.807, 2.05) is 24.3 Å². The highest BCUT2D eigenvalue weighted by molar-refractivity contribution is 9.10. The molecule has 0 atom stereocenters. The van der Waals surface area contributed by atoms with E-state index >= 15 is 0 Å². The largest absolute Gasteiger partial charge is 0.481 e. The first-order chi connectivity index (χ1) is 16.9. The van der Waals surface area contributed by atoms with Crippen LogP contribution in [0.3, 0.4) is 0 Å². The van der Waals surface area contributed by atoms with Gasteiger partial charge in [-0.05, 0) is 40.5 Å². The van der Waals surface area contributed by atoms with Gasteiger partial charge in [0, 0.05) is 29.4 Å². The van der Waals surface area contributed by atoms with Crippen LogP contribution in [0.2, 0.25) is 0 Å². The first-order valence-corrected chi connectivity index (χ1v) is 12.1. The van der Waals surface area contributed by atoms with Crippen LogP contribution in [0, 0.1) is 5.92 Å². The highest BCUT2D eigenvalue weighted by atomic mass is 79.9. The normalized spacial score (nSPS) is 14.6. The monoisotopic (exact) mass is 534 g/mol. The average molecular weight is 535 g/mol. The minimum atomic E-state index is -0.872. The van der Waals surface area contributed by atoms with Crippen molar-refractivity contribution in [3.63, 3.8) is 0 Å². The second kappa shape index (κ2) is 9.54. The lowest BCUT2D eigenvalue weighted by Crippen LogP contribution is -2.50. The van der Waals surface area contributed by atoms with Crippen molar-refractivity contribution in [2.24, 2.45) is 5.92 Å². The molecule has 0 spiro atoms. The van der Waals surface area contributed by atoms with Gasteiger partial charge < -0.3 is 14.7 Å². The molecule has 0 radical (unpaired) electrons. The number of carbonyl (C=O) groups is 3. The fourth-order valence-electron chi connectivity index (χ4n) is 4.83. The minimum absolute atomic E-state index is 0.0367. The third kappa shape index (κ3) is 4.66. The Morgan fingerprint density at radius 1 is 0.971 bits per heavy atom. The summed E-state index contributed by atoms with van der Waals surface area (Å²) in [6, 6.07) is 21.2. The molecule has 2 amide bonds. The SMILES string of the molecule is O=C(O)CC1CN(C(=O)c2ccc(Br)cc2NC(=O)OCC2c3ccccc3-c3ccccc32)C1. The molecule has 0 bridgehead atoms. The number of likely N-dealkylation sites (tertiary alicyclic amines) is 1. The number of anilines is 1. The summed E-state index contributed by atoms with van der Waals surface area (Å²) in [6.45, 7) is 0.928. The quantitative estimate of drug-likeness (QED) is 0.444. The number of carboxylic acid groups (broad SMARTS) is 1. The van der Waals surface area contributed by atoms with Gasteiger partial charge >= 0.3 is 12.1 Å². The van der Waals surface area contributed by atoms with Crippen molar-refractivity contribution in [1.29, 1.82) is 0 Å². The molecule has 1 saturated heterocycles. The van der Waals surface area contributed by atoms with Gasteiger partial charge in [0.1, 0.15) is 6.61 Å². The number of carboxylic acids is 1. The van der Waals surface area contributed by atoms with Crippen molar-refractivity contribution < 1.29 is 24.2 Å². The molecule has 1 aliphatic carbocycles. The molecule has 2 aliphatic rings. The van der Waals surface area contributed by atoms with E-state index in [4.69, 9.17) is 9.84 Å². The lowest BCUT2D eigenvalue weighted by atomic mass is 9.95. The Morgan fingerprint density at radius 2 is 1.60 bits per heavy atom. The summed E-state index contributed by atoms with van der Waals surface area (Å²) in [7, 11) is 0. The predicted octanol–water partition coefficient (Wildman–Crippen LogP) is 5.36. The van der Waals surface area contributed by atoms with Gasteiger partial charge in [0.15, 0.2) is 0 Å². The molecule has 3 aromatic carbocycles. The fourth-order valence-corrected chi connectivity index (χ4v) is 5.19. The Balaban J connectivity index is 1.27. The summed E-state index contributed by atoms with van der Waals surface area (Å²) in [5.41, 5.74) is 5.20. The van der Waals surface area contributed by atoms with Crippen LogP contribution in [0.1, 0.15) is 33.8 Å². The number of nitrogens with zero attached hydrogens (tertiary/aromatic N) is 1. The molecular formula is C27H23BrN2O5. The molecule has 1 aliphatic heterocycles. The molecule has 0 saturated carbocycles. The van der Waals surface area contributed by atoms with Crippen molar-refractivity contribution in [2.75, 3.05) is 25.0 Å². The molecule has 35 heavy (non-hydrogen) atoms. The molecule has 1 fully saturated rings. The Kier molecular flexibility index (Phi) is 6.30. The van der Waals surface area contributed by atoms with E-state index < -0.39 is 12.1 Å². The molecule has 0 unspecified atom stereocenters. The van der Waals surface area contributed by atoms with Crippen LogP contribution in [0.5, 0.6) is 0 Å². The smallest absolute Gasteiger partial charge is 0.411 e. The third-order valence-electron chi connectivity index (χ3n) is 6.50. The van der Waals surface area contributed by atoms with Gasteiger partial charge in [0.2, 0.25) is 0 Å². The van der Waals surface area contributed by atoms with Gasteiger partial charge in [0.25, 0.3) is 5.91 Å². The molecule has 3 aromatic rings. The highest BCUT2D eigenvalue weighted by Crippen LogP contribution is 2.44. The zero-order valence-electron chi connectivity index (χ0n) is 18.7. The molecule has 0 aromatic heterocycles. The first kappa shape index (κ1) is 23.1. The van der Waals surface area contributed by atoms with Crippen LogP contribution in [-0.2, 0) is 9.53 Å². The number of nitrogens with one attached hydrogen (secondary N) is 1. The van der Waals surface area contributed by atoms with Crippen molar-refractivity contribution in [2.45, 2.75) is 12.3 Å². The van der Waals surface area contributed by atoms with E-state index in [-0.39, 0.29) is 30.8 Å². The molecule has 1 heterocycles. The van der Waals surface area contributed by atoms with E-state index in [0.717, 1.165) is 22.3 Å². The number of fused-ring (bicyclic) bond motifs is 3. The third-order valence-corrected chi connectivity index (χ3v) is 6.99. The lowest BCUT2D eigenvalue weighted by molar-refractivity contribution is -0.139. The number of ether oxygens (including phenoxy) is 1. The van der Waals surface area contributed by atoms with Crippen LogP contribution in [0.4, 0.5) is 10.5 Å². The van der Waals surface area contributed by atoms with Crippen molar-refractivity contribution in [3.8, 4) is 11.1 Å². The predicted molar refractivity (Wildman–Crippen MR) is 134 cm³/mol. The van der Waals surface area contributed by atoms with E-state index in [9.17, 15) is 14.4 Å². The second-order valence-corrected chi connectivity index (χ2v) is 9.73. The van der Waals surface area contributed by atoms with E-state index in [2.05, 4.69) is 45.5 Å². The van der Waals surface area contributed by atoms with Gasteiger partial charge in [0.05, 0.1) is 17.7 Å². The van der Waals surface area contributed by atoms with Gasteiger partial charge in [-0.15, -0.1) is 0 Å². The summed E-state index contributed by atoms with van der Waals surface area (Å²) in [6.07, 6.45) is -0.610. The average Bonchev–Trinajstić information content (AvgIpc) is 3.13. The zero-order valence-corrected chi connectivity index (χ0v) is 20.3. The van der Waals surface area contributed by atoms with Crippen molar-refractivity contribution in [1.82, 2.24) is 4.90 Å². The van der Waals surface area contributed by atoms with Crippen molar-refractivity contribution in [3.05, 3.63) is 87.9 Å². The van der Waals surface area contributed by atoms with E-state index in [0.29, 0.717) is 28.8 Å². The summed E-state index contributed by atoms with van der Waals surface area (Å²) in [5.74, 6) is -1.24. The lowest BCUT2D eigenvalue weighted by Gasteiger charge is -2.38. The van der Waals surface area contributed by atoms with Gasteiger partial charge in [-0.1, -0.05) is 64.5 Å². The minimum Gasteiger partial charge on any atom is -0.481 e. The number of amides is 2. The summed E-state index contributed by atoms with van der Waals surface area (Å²) in [4.78, 5) is 38.2. The Hall–Kier alpha value is -3.65. The Morgan fingerprint density at radius 3 is 2.23 bits per heavy atom. The maximum atomic E-state index is 13.0. The molecule has 178 valence electrons. The van der Waals surface area contributed by atoms with Crippen LogP contribution >= 0.6 is 15.9 Å². The van der Waals surface area contributed by atoms with Crippen LogP contribution in [0.25, 0.3) is 11.1 Å². The first-order valence-electron chi connectivity index (χ1n) is 11.3. The molecule has 2 N–H and O–H groups in total. The standard InChI is InChI=1S/C27H23BrN2O5/c28-17-9-10-22(26(33)30-13-16(14-30)11-25(31)32)24(12-17)29-27(34)35-15-23-20-7-3-1-5-18(20)19-6-2-4-8-21(19)23/h1-10,12,16,23H,11,13-15H2,(H,29,34)(H,31,32). The number of hydrogen-bond acceptors (Lipinski definition) is 4. The number of benzene rings is 3. The molecular weight excluding hydrogens is 512 g/mol. The molecule has 8 heteroatoms. The van der Waals surface area contributed by atoms with Crippen molar-refractivity contribution >= 4 is 39.6 Å². The van der Waals surface area contributed by atoms with Crippen LogP contribution < -0.4 is 5.32 Å². The van der Waals surface area contributed by atoms with E-state index in [1.165, 1.54) is 0 Å². The summed E-state index contributed by atoms with van der Waals surface area (Å²) >= 11 is 3.39. The maximum absolute atomic E-state index is 13.0. The van der Waals surface area contributed by atoms with Gasteiger partial charge in [-0.25, -0.2) is 4.79 Å². The second-order valence-electron chi connectivity index (χ2n) is 8.81. The number of aliphatic carboxylic acids is 1. The molecule has 7 nitrogen and oxygen atoms in total. The fraction of sp³-hybridized carbons (Fsp3) is 0.222. The number of rotatable bonds is 6. The highest BCUT2D eigenvalue weighted by Gasteiger charge is 2.34. The van der Waals surface area contributed by atoms with Crippen LogP contribution in [-0.4, -0.2) is 47.7 Å². The Labute approximate surface area is 210 Å². The maximum Gasteiger partial charge on any atom is 0.411 e. The topological polar surface area (TPSA) is 95.9 Å². The Bertz CT molecular complexity index is 1270. The van der Waals surface area contributed by atoms with Gasteiger partial charge in [-0.3, -0.25) is 14.9 Å². The summed E-state index contributed by atoms with van der Waals surface area (Å²) < 4.78 is 6.33. The summed E-state index contributed by atoms with van der Waals surface area (Å²) in [5, 5.41) is 11.7. The number of hydrogen-bond donors (Lipinski definition) is 2. The number of halogens is 1.